The topological polar surface area (TPSA) is 61.4 Å². The van der Waals surface area contributed by atoms with Crippen LogP contribution in [-0.4, -0.2) is 23.8 Å². The minimum absolute atomic E-state index is 0.000436. The number of amides is 2. The van der Waals surface area contributed by atoms with E-state index in [9.17, 15) is 9.18 Å². The first kappa shape index (κ1) is 14.4. The molecule has 0 aromatic heterocycles. The second-order valence-electron chi connectivity index (χ2n) is 4.51. The largest absolute Gasteiger partial charge is 0.396 e. The van der Waals surface area contributed by atoms with Crippen LogP contribution in [0.4, 0.5) is 14.9 Å². The van der Waals surface area contributed by atoms with Gasteiger partial charge in [-0.3, -0.25) is 0 Å². The van der Waals surface area contributed by atoms with Crippen molar-refractivity contribution in [2.45, 2.75) is 26.8 Å². The van der Waals surface area contributed by atoms with E-state index in [-0.39, 0.29) is 18.6 Å². The number of benzene rings is 1. The molecule has 1 aromatic carbocycles. The number of carbonyl (C=O) groups is 1. The SMILES string of the molecule is Cc1ccc(F)cc1NC(=O)NC(C)C(C)CO. The standard InChI is InChI=1S/C13H19FN2O2/c1-8-4-5-11(14)6-12(8)16-13(18)15-10(3)9(2)7-17/h4-6,9-10,17H,7H2,1-3H3,(H2,15,16,18). The lowest BCUT2D eigenvalue weighted by atomic mass is 10.1. The van der Waals surface area contributed by atoms with Gasteiger partial charge in [0.25, 0.3) is 0 Å². The highest BCUT2D eigenvalue weighted by atomic mass is 19.1. The Bertz CT molecular complexity index is 423. The fourth-order valence-corrected chi connectivity index (χ4v) is 1.39. The van der Waals surface area contributed by atoms with E-state index in [1.165, 1.54) is 12.1 Å². The molecule has 0 heterocycles. The van der Waals surface area contributed by atoms with Crippen molar-refractivity contribution < 1.29 is 14.3 Å². The van der Waals surface area contributed by atoms with Crippen LogP contribution in [0.2, 0.25) is 0 Å². The van der Waals surface area contributed by atoms with E-state index < -0.39 is 11.8 Å². The summed E-state index contributed by atoms with van der Waals surface area (Å²) in [6, 6.07) is 3.65. The summed E-state index contributed by atoms with van der Waals surface area (Å²) in [4.78, 5) is 11.7. The summed E-state index contributed by atoms with van der Waals surface area (Å²) in [6.07, 6.45) is 0. The molecular weight excluding hydrogens is 235 g/mol. The van der Waals surface area contributed by atoms with Gasteiger partial charge in [-0.15, -0.1) is 0 Å². The van der Waals surface area contributed by atoms with Gasteiger partial charge >= 0.3 is 6.03 Å². The van der Waals surface area contributed by atoms with Crippen molar-refractivity contribution >= 4 is 11.7 Å². The molecule has 0 saturated carbocycles. The molecule has 0 aliphatic heterocycles. The van der Waals surface area contributed by atoms with Crippen LogP contribution >= 0.6 is 0 Å². The molecule has 2 unspecified atom stereocenters. The fourth-order valence-electron chi connectivity index (χ4n) is 1.39. The number of nitrogens with one attached hydrogen (secondary N) is 2. The molecule has 1 rings (SSSR count). The van der Waals surface area contributed by atoms with Gasteiger partial charge in [0.15, 0.2) is 0 Å². The molecule has 0 aliphatic carbocycles. The zero-order valence-corrected chi connectivity index (χ0v) is 10.8. The van der Waals surface area contributed by atoms with Crippen LogP contribution in [0.25, 0.3) is 0 Å². The Balaban J connectivity index is 2.62. The molecule has 0 bridgehead atoms. The maximum absolute atomic E-state index is 13.0. The van der Waals surface area contributed by atoms with Crippen LogP contribution in [0.1, 0.15) is 19.4 Å². The summed E-state index contributed by atoms with van der Waals surface area (Å²) in [5, 5.41) is 14.2. The maximum atomic E-state index is 13.0. The van der Waals surface area contributed by atoms with Gasteiger partial charge in [-0.2, -0.15) is 0 Å². The van der Waals surface area contributed by atoms with Crippen LogP contribution in [0.5, 0.6) is 0 Å². The van der Waals surface area contributed by atoms with Crippen molar-refractivity contribution in [2.24, 2.45) is 5.92 Å². The predicted octanol–water partition coefficient (Wildman–Crippen LogP) is 2.27. The first-order chi connectivity index (χ1) is 8.43. The van der Waals surface area contributed by atoms with Crippen molar-refractivity contribution in [3.8, 4) is 0 Å². The van der Waals surface area contributed by atoms with E-state index in [0.717, 1.165) is 5.56 Å². The zero-order chi connectivity index (χ0) is 13.7. The highest BCUT2D eigenvalue weighted by Gasteiger charge is 2.14. The third-order valence-electron chi connectivity index (χ3n) is 2.95. The number of anilines is 1. The molecule has 1 aromatic rings. The average molecular weight is 254 g/mol. The Morgan fingerprint density at radius 1 is 1.44 bits per heavy atom. The van der Waals surface area contributed by atoms with Gasteiger partial charge in [0.1, 0.15) is 5.82 Å². The summed E-state index contributed by atoms with van der Waals surface area (Å²) in [6.45, 7) is 5.42. The molecular formula is C13H19FN2O2. The van der Waals surface area contributed by atoms with Crippen molar-refractivity contribution in [2.75, 3.05) is 11.9 Å². The second-order valence-corrected chi connectivity index (χ2v) is 4.51. The lowest BCUT2D eigenvalue weighted by Crippen LogP contribution is -2.40. The van der Waals surface area contributed by atoms with E-state index in [1.54, 1.807) is 19.9 Å². The number of carbonyl (C=O) groups excluding carboxylic acids is 1. The summed E-state index contributed by atoms with van der Waals surface area (Å²) in [5.41, 5.74) is 1.23. The number of aliphatic hydroxyl groups excluding tert-OH is 1. The summed E-state index contributed by atoms with van der Waals surface area (Å²) in [7, 11) is 0. The quantitative estimate of drug-likeness (QED) is 0.772. The minimum atomic E-state index is -0.406. The first-order valence-corrected chi connectivity index (χ1v) is 5.88. The van der Waals surface area contributed by atoms with Gasteiger partial charge in [0, 0.05) is 18.3 Å². The molecule has 0 aliphatic rings. The average Bonchev–Trinajstić information content (AvgIpc) is 2.32. The van der Waals surface area contributed by atoms with Crippen LogP contribution < -0.4 is 10.6 Å². The van der Waals surface area contributed by atoms with Gasteiger partial charge in [-0.1, -0.05) is 13.0 Å². The van der Waals surface area contributed by atoms with Crippen LogP contribution in [0, 0.1) is 18.7 Å². The summed E-state index contributed by atoms with van der Waals surface area (Å²) in [5.74, 6) is -0.433. The van der Waals surface area contributed by atoms with Crippen LogP contribution in [0.15, 0.2) is 18.2 Å². The molecule has 5 heteroatoms. The normalized spacial score (nSPS) is 13.8. The summed E-state index contributed by atoms with van der Waals surface area (Å²) < 4.78 is 13.0. The van der Waals surface area contributed by atoms with E-state index >= 15 is 0 Å². The van der Waals surface area contributed by atoms with Gasteiger partial charge < -0.3 is 15.7 Å². The van der Waals surface area contributed by atoms with Gasteiger partial charge in [0.2, 0.25) is 0 Å². The Hall–Kier alpha value is -1.62. The second kappa shape index (κ2) is 6.35. The smallest absolute Gasteiger partial charge is 0.319 e. The monoisotopic (exact) mass is 254 g/mol. The Morgan fingerprint density at radius 3 is 2.72 bits per heavy atom. The lowest BCUT2D eigenvalue weighted by molar-refractivity contribution is 0.204. The Kier molecular flexibility index (Phi) is 5.09. The highest BCUT2D eigenvalue weighted by Crippen LogP contribution is 2.15. The number of hydrogen-bond acceptors (Lipinski definition) is 2. The summed E-state index contributed by atoms with van der Waals surface area (Å²) >= 11 is 0. The van der Waals surface area contributed by atoms with E-state index in [2.05, 4.69) is 10.6 Å². The van der Waals surface area contributed by atoms with Crippen LogP contribution in [0.3, 0.4) is 0 Å². The molecule has 100 valence electrons. The number of aryl methyl sites for hydroxylation is 1. The predicted molar refractivity (Wildman–Crippen MR) is 69.0 cm³/mol. The number of halogens is 1. The molecule has 18 heavy (non-hydrogen) atoms. The van der Waals surface area contributed by atoms with E-state index in [1.807, 2.05) is 6.92 Å². The van der Waals surface area contributed by atoms with Gasteiger partial charge in [-0.25, -0.2) is 9.18 Å². The van der Waals surface area contributed by atoms with Crippen molar-refractivity contribution in [3.05, 3.63) is 29.6 Å². The fraction of sp³-hybridized carbons (Fsp3) is 0.462. The molecule has 3 N–H and O–H groups in total. The van der Waals surface area contributed by atoms with E-state index in [4.69, 9.17) is 5.11 Å². The minimum Gasteiger partial charge on any atom is -0.396 e. The third kappa shape index (κ3) is 4.00. The number of urea groups is 1. The first-order valence-electron chi connectivity index (χ1n) is 5.88. The molecule has 0 spiro atoms. The van der Waals surface area contributed by atoms with Crippen molar-refractivity contribution in [1.29, 1.82) is 0 Å². The van der Waals surface area contributed by atoms with Crippen molar-refractivity contribution in [3.63, 3.8) is 0 Å². The van der Waals surface area contributed by atoms with Crippen LogP contribution in [-0.2, 0) is 0 Å². The maximum Gasteiger partial charge on any atom is 0.319 e. The van der Waals surface area contributed by atoms with E-state index in [0.29, 0.717) is 5.69 Å². The molecule has 0 fully saturated rings. The highest BCUT2D eigenvalue weighted by molar-refractivity contribution is 5.90. The van der Waals surface area contributed by atoms with Gasteiger partial charge in [0.05, 0.1) is 0 Å². The lowest BCUT2D eigenvalue weighted by Gasteiger charge is -2.20. The molecule has 0 saturated heterocycles. The molecule has 0 radical (unpaired) electrons. The zero-order valence-electron chi connectivity index (χ0n) is 10.8. The molecule has 4 nitrogen and oxygen atoms in total. The van der Waals surface area contributed by atoms with Crippen molar-refractivity contribution in [1.82, 2.24) is 5.32 Å². The number of aliphatic hydroxyl groups is 1. The van der Waals surface area contributed by atoms with Gasteiger partial charge in [-0.05, 0) is 37.5 Å². The Labute approximate surface area is 106 Å². The Morgan fingerprint density at radius 2 is 2.11 bits per heavy atom. The third-order valence-corrected chi connectivity index (χ3v) is 2.95. The molecule has 2 atom stereocenters. The molecule has 2 amide bonds. The number of rotatable bonds is 4. The number of hydrogen-bond donors (Lipinski definition) is 3.